The molecule has 132 valence electrons. The Morgan fingerprint density at radius 3 is 2.73 bits per heavy atom. The van der Waals surface area contributed by atoms with Crippen molar-refractivity contribution in [1.82, 2.24) is 10.3 Å². The third-order valence-corrected chi connectivity index (χ3v) is 6.65. The molecule has 2 aromatic heterocycles. The third kappa shape index (κ3) is 3.22. The van der Waals surface area contributed by atoms with E-state index in [0.29, 0.717) is 22.4 Å². The van der Waals surface area contributed by atoms with Gasteiger partial charge in [-0.15, -0.1) is 22.7 Å². The summed E-state index contributed by atoms with van der Waals surface area (Å²) >= 11 is 3.04. The molecule has 2 aromatic carbocycles. The molecule has 4 aromatic rings. The van der Waals surface area contributed by atoms with Crippen molar-refractivity contribution in [3.63, 3.8) is 0 Å². The van der Waals surface area contributed by atoms with Crippen molar-refractivity contribution in [2.45, 2.75) is 19.8 Å². The van der Waals surface area contributed by atoms with Gasteiger partial charge in [0.05, 0.1) is 20.1 Å². The lowest BCUT2D eigenvalue weighted by atomic mass is 10.1. The van der Waals surface area contributed by atoms with Gasteiger partial charge >= 0.3 is 0 Å². The molecule has 2 heterocycles. The van der Waals surface area contributed by atoms with E-state index in [2.05, 4.69) is 16.4 Å². The second-order valence-corrected chi connectivity index (χ2v) is 8.27. The summed E-state index contributed by atoms with van der Waals surface area (Å²) in [5.41, 5.74) is 1.74. The molecule has 4 rings (SSSR count). The molecule has 0 bridgehead atoms. The van der Waals surface area contributed by atoms with Crippen LogP contribution in [0, 0.1) is 12.7 Å². The van der Waals surface area contributed by atoms with Crippen LogP contribution >= 0.6 is 22.7 Å². The number of fused-ring (bicyclic) bond motifs is 2. The quantitative estimate of drug-likeness (QED) is 0.473. The zero-order valence-corrected chi connectivity index (χ0v) is 15.8. The molecule has 3 nitrogen and oxygen atoms in total. The molecule has 0 spiro atoms. The highest BCUT2D eigenvalue weighted by atomic mass is 32.1. The average Bonchev–Trinajstić information content (AvgIpc) is 3.20. The fourth-order valence-corrected chi connectivity index (χ4v) is 5.17. The van der Waals surface area contributed by atoms with Gasteiger partial charge in [0, 0.05) is 23.1 Å². The first kappa shape index (κ1) is 17.1. The van der Waals surface area contributed by atoms with E-state index in [9.17, 15) is 9.18 Å². The van der Waals surface area contributed by atoms with Gasteiger partial charge in [-0.3, -0.25) is 4.79 Å². The van der Waals surface area contributed by atoms with Gasteiger partial charge in [0.2, 0.25) is 0 Å². The number of halogens is 1. The van der Waals surface area contributed by atoms with Gasteiger partial charge in [0.25, 0.3) is 5.91 Å². The number of carbonyl (C=O) groups excluding carboxylic acids is 1. The molecule has 0 unspecified atom stereocenters. The maximum absolute atomic E-state index is 14.0. The normalized spacial score (nSPS) is 11.3. The van der Waals surface area contributed by atoms with Gasteiger partial charge in [-0.1, -0.05) is 18.2 Å². The van der Waals surface area contributed by atoms with Crippen molar-refractivity contribution >= 4 is 48.9 Å². The summed E-state index contributed by atoms with van der Waals surface area (Å²) in [7, 11) is 0. The van der Waals surface area contributed by atoms with E-state index in [1.807, 2.05) is 24.3 Å². The van der Waals surface area contributed by atoms with Crippen LogP contribution in [-0.4, -0.2) is 17.4 Å². The Balaban J connectivity index is 1.38. The number of amides is 1. The number of hydrogen-bond donors (Lipinski definition) is 1. The summed E-state index contributed by atoms with van der Waals surface area (Å²) in [6.07, 6.45) is 1.66. The molecule has 0 fully saturated rings. The number of nitrogens with one attached hydrogen (secondary N) is 1. The van der Waals surface area contributed by atoms with Crippen molar-refractivity contribution < 1.29 is 9.18 Å². The minimum Gasteiger partial charge on any atom is -0.351 e. The second-order valence-electron chi connectivity index (χ2n) is 6.10. The van der Waals surface area contributed by atoms with Crippen LogP contribution in [0.1, 0.15) is 26.7 Å². The van der Waals surface area contributed by atoms with Crippen LogP contribution < -0.4 is 5.32 Å². The van der Waals surface area contributed by atoms with E-state index in [1.54, 1.807) is 24.3 Å². The summed E-state index contributed by atoms with van der Waals surface area (Å²) in [4.78, 5) is 17.7. The smallest absolute Gasteiger partial charge is 0.261 e. The predicted molar refractivity (Wildman–Crippen MR) is 107 cm³/mol. The molecule has 1 N–H and O–H groups in total. The number of thiazole rings is 1. The van der Waals surface area contributed by atoms with Crippen molar-refractivity contribution in [1.29, 1.82) is 0 Å². The van der Waals surface area contributed by atoms with Crippen LogP contribution in [0.4, 0.5) is 4.39 Å². The molecule has 26 heavy (non-hydrogen) atoms. The Bertz CT molecular complexity index is 1070. The number of para-hydroxylation sites is 1. The number of rotatable bonds is 5. The fourth-order valence-electron chi connectivity index (χ4n) is 3.02. The molecule has 6 heteroatoms. The highest BCUT2D eigenvalue weighted by molar-refractivity contribution is 7.21. The average molecular weight is 385 g/mol. The zero-order valence-electron chi connectivity index (χ0n) is 14.2. The van der Waals surface area contributed by atoms with Crippen molar-refractivity contribution in [2.24, 2.45) is 0 Å². The topological polar surface area (TPSA) is 42.0 Å². The van der Waals surface area contributed by atoms with E-state index >= 15 is 0 Å². The van der Waals surface area contributed by atoms with Crippen molar-refractivity contribution in [2.75, 3.05) is 6.54 Å². The first-order valence-electron chi connectivity index (χ1n) is 8.44. The van der Waals surface area contributed by atoms with Crippen LogP contribution in [-0.2, 0) is 6.42 Å². The number of carbonyl (C=O) groups is 1. The maximum Gasteiger partial charge on any atom is 0.261 e. The molecule has 0 aliphatic carbocycles. The SMILES string of the molecule is Cc1c(C(=O)NCCCc2nc3ccccc3s2)sc2cccc(F)c12. The van der Waals surface area contributed by atoms with E-state index in [-0.39, 0.29) is 11.7 Å². The van der Waals surface area contributed by atoms with Crippen LogP contribution in [0.25, 0.3) is 20.3 Å². The molecule has 0 aliphatic rings. The number of nitrogens with zero attached hydrogens (tertiary/aromatic N) is 1. The lowest BCUT2D eigenvalue weighted by Crippen LogP contribution is -2.24. The number of benzene rings is 2. The number of aromatic nitrogens is 1. The molecule has 0 atom stereocenters. The predicted octanol–water partition coefficient (Wildman–Crippen LogP) is 5.32. The van der Waals surface area contributed by atoms with Gasteiger partial charge in [-0.05, 0) is 43.2 Å². The molecular weight excluding hydrogens is 367 g/mol. The van der Waals surface area contributed by atoms with Crippen LogP contribution in [0.5, 0.6) is 0 Å². The number of aryl methyl sites for hydroxylation is 2. The lowest BCUT2D eigenvalue weighted by Gasteiger charge is -2.03. The summed E-state index contributed by atoms with van der Waals surface area (Å²) < 4.78 is 16.0. The highest BCUT2D eigenvalue weighted by Crippen LogP contribution is 2.32. The van der Waals surface area contributed by atoms with Crippen LogP contribution in [0.15, 0.2) is 42.5 Å². The molecular formula is C20H17FN2OS2. The van der Waals surface area contributed by atoms with E-state index < -0.39 is 0 Å². The summed E-state index contributed by atoms with van der Waals surface area (Å²) in [6, 6.07) is 13.0. The maximum atomic E-state index is 14.0. The Kier molecular flexibility index (Phi) is 4.70. The minimum absolute atomic E-state index is 0.132. The molecule has 0 radical (unpaired) electrons. The van der Waals surface area contributed by atoms with Gasteiger partial charge < -0.3 is 5.32 Å². The first-order valence-corrected chi connectivity index (χ1v) is 10.1. The van der Waals surface area contributed by atoms with E-state index in [4.69, 9.17) is 0 Å². The number of hydrogen-bond acceptors (Lipinski definition) is 4. The summed E-state index contributed by atoms with van der Waals surface area (Å²) in [6.45, 7) is 2.38. The van der Waals surface area contributed by atoms with Crippen molar-refractivity contribution in [3.05, 3.63) is 63.7 Å². The largest absolute Gasteiger partial charge is 0.351 e. The minimum atomic E-state index is -0.272. The van der Waals surface area contributed by atoms with Gasteiger partial charge in [0.15, 0.2) is 0 Å². The monoisotopic (exact) mass is 384 g/mol. The molecule has 0 aliphatic heterocycles. The van der Waals surface area contributed by atoms with E-state index in [0.717, 1.165) is 28.1 Å². The first-order chi connectivity index (χ1) is 12.6. The Hall–Kier alpha value is -2.31. The third-order valence-electron chi connectivity index (χ3n) is 4.30. The Morgan fingerprint density at radius 2 is 1.92 bits per heavy atom. The standard InChI is InChI=1S/C20H17FN2OS2/c1-12-18-13(21)6-4-9-16(18)26-19(12)20(24)22-11-5-10-17-23-14-7-2-3-8-15(14)25-17/h2-4,6-9H,5,10-11H2,1H3,(H,22,24). The van der Waals surface area contributed by atoms with Gasteiger partial charge in [0.1, 0.15) is 5.82 Å². The highest BCUT2D eigenvalue weighted by Gasteiger charge is 2.17. The molecule has 0 saturated carbocycles. The van der Waals surface area contributed by atoms with Crippen molar-refractivity contribution in [3.8, 4) is 0 Å². The van der Waals surface area contributed by atoms with E-state index in [1.165, 1.54) is 22.1 Å². The molecule has 0 saturated heterocycles. The lowest BCUT2D eigenvalue weighted by molar-refractivity contribution is 0.0957. The van der Waals surface area contributed by atoms with Gasteiger partial charge in [-0.25, -0.2) is 9.37 Å². The molecule has 1 amide bonds. The Labute approximate surface area is 158 Å². The Morgan fingerprint density at radius 1 is 1.12 bits per heavy atom. The summed E-state index contributed by atoms with van der Waals surface area (Å²) in [5.74, 6) is -0.404. The fraction of sp³-hybridized carbons (Fsp3) is 0.200. The summed E-state index contributed by atoms with van der Waals surface area (Å²) in [5, 5.41) is 4.59. The second kappa shape index (κ2) is 7.13. The zero-order chi connectivity index (χ0) is 18.1. The van der Waals surface area contributed by atoms with Crippen LogP contribution in [0.3, 0.4) is 0 Å². The van der Waals surface area contributed by atoms with Crippen LogP contribution in [0.2, 0.25) is 0 Å². The number of thiophene rings is 1. The van der Waals surface area contributed by atoms with Gasteiger partial charge in [-0.2, -0.15) is 0 Å².